The van der Waals surface area contributed by atoms with Crippen LogP contribution in [0.25, 0.3) is 5.69 Å². The van der Waals surface area contributed by atoms with E-state index in [1.54, 1.807) is 0 Å². The standard InChI is InChI=1S/C23H28N4O/c1-18(2)22(26-20-9-5-3-6-10-20)16-24-23(28)14-13-19-15-25-27(17-19)21-11-7-4-8-12-21/h3-12,15,17-18,22,26H,13-14,16H2,1-2H3,(H,24,28). The van der Waals surface area contributed by atoms with E-state index in [0.717, 1.165) is 16.9 Å². The zero-order valence-electron chi connectivity index (χ0n) is 16.5. The number of rotatable bonds is 9. The van der Waals surface area contributed by atoms with Crippen LogP contribution in [0.5, 0.6) is 0 Å². The first-order chi connectivity index (χ1) is 13.6. The molecule has 2 N–H and O–H groups in total. The van der Waals surface area contributed by atoms with Gasteiger partial charge in [-0.25, -0.2) is 4.68 Å². The fourth-order valence-corrected chi connectivity index (χ4v) is 2.98. The largest absolute Gasteiger partial charge is 0.380 e. The van der Waals surface area contributed by atoms with Gasteiger partial charge in [-0.2, -0.15) is 5.10 Å². The highest BCUT2D eigenvalue weighted by Crippen LogP contribution is 2.12. The number of benzene rings is 2. The number of nitrogens with zero attached hydrogens (tertiary/aromatic N) is 2. The number of para-hydroxylation sites is 2. The number of aromatic nitrogens is 2. The Bertz CT molecular complexity index is 859. The fraction of sp³-hybridized carbons (Fsp3) is 0.304. The lowest BCUT2D eigenvalue weighted by atomic mass is 10.0. The fourth-order valence-electron chi connectivity index (χ4n) is 2.98. The van der Waals surface area contributed by atoms with E-state index in [2.05, 4.69) is 29.6 Å². The maximum absolute atomic E-state index is 12.3. The molecule has 0 aliphatic heterocycles. The van der Waals surface area contributed by atoms with Gasteiger partial charge in [-0.05, 0) is 42.2 Å². The Kier molecular flexibility index (Phi) is 6.84. The van der Waals surface area contributed by atoms with Crippen molar-refractivity contribution in [1.29, 1.82) is 0 Å². The lowest BCUT2D eigenvalue weighted by molar-refractivity contribution is -0.121. The van der Waals surface area contributed by atoms with Crippen LogP contribution in [0, 0.1) is 5.92 Å². The van der Waals surface area contributed by atoms with Crippen molar-refractivity contribution in [3.8, 4) is 5.69 Å². The van der Waals surface area contributed by atoms with Crippen LogP contribution >= 0.6 is 0 Å². The van der Waals surface area contributed by atoms with Crippen LogP contribution in [0.4, 0.5) is 5.69 Å². The summed E-state index contributed by atoms with van der Waals surface area (Å²) >= 11 is 0. The molecule has 0 saturated heterocycles. The number of hydrogen-bond donors (Lipinski definition) is 2. The summed E-state index contributed by atoms with van der Waals surface area (Å²) in [5.74, 6) is 0.470. The molecule has 0 spiro atoms. The highest BCUT2D eigenvalue weighted by atomic mass is 16.1. The third-order valence-electron chi connectivity index (χ3n) is 4.75. The first-order valence-corrected chi connectivity index (χ1v) is 9.79. The molecule has 1 atom stereocenters. The van der Waals surface area contributed by atoms with Gasteiger partial charge in [0.1, 0.15) is 0 Å². The first kappa shape index (κ1) is 19.7. The molecule has 3 rings (SSSR count). The number of carbonyl (C=O) groups excluding carboxylic acids is 1. The van der Waals surface area contributed by atoms with Crippen molar-refractivity contribution in [2.75, 3.05) is 11.9 Å². The molecule has 0 aliphatic carbocycles. The average molecular weight is 377 g/mol. The molecule has 1 heterocycles. The summed E-state index contributed by atoms with van der Waals surface area (Å²) in [4.78, 5) is 12.3. The third kappa shape index (κ3) is 5.71. The maximum atomic E-state index is 12.3. The molecule has 0 radical (unpaired) electrons. The Hall–Kier alpha value is -3.08. The molecule has 28 heavy (non-hydrogen) atoms. The van der Waals surface area contributed by atoms with Crippen molar-refractivity contribution in [2.24, 2.45) is 5.92 Å². The van der Waals surface area contributed by atoms with Gasteiger partial charge in [0.25, 0.3) is 0 Å². The summed E-state index contributed by atoms with van der Waals surface area (Å²) in [7, 11) is 0. The number of carbonyl (C=O) groups is 1. The van der Waals surface area contributed by atoms with Crippen molar-refractivity contribution in [1.82, 2.24) is 15.1 Å². The molecule has 5 nitrogen and oxygen atoms in total. The minimum absolute atomic E-state index is 0.0629. The second-order valence-corrected chi connectivity index (χ2v) is 7.29. The average Bonchev–Trinajstić information content (AvgIpc) is 3.20. The predicted octanol–water partition coefficient (Wildman–Crippen LogP) is 4.06. The molecular weight excluding hydrogens is 348 g/mol. The van der Waals surface area contributed by atoms with Gasteiger partial charge in [0, 0.05) is 30.9 Å². The SMILES string of the molecule is CC(C)C(CNC(=O)CCc1cnn(-c2ccccc2)c1)Nc1ccccc1. The lowest BCUT2D eigenvalue weighted by Gasteiger charge is -2.24. The number of anilines is 1. The normalized spacial score (nSPS) is 12.0. The summed E-state index contributed by atoms with van der Waals surface area (Å²) in [6.45, 7) is 4.92. The summed E-state index contributed by atoms with van der Waals surface area (Å²) in [6.07, 6.45) is 4.94. The molecule has 0 fully saturated rings. The second-order valence-electron chi connectivity index (χ2n) is 7.29. The van der Waals surface area contributed by atoms with E-state index in [9.17, 15) is 4.79 Å². The zero-order chi connectivity index (χ0) is 19.8. The van der Waals surface area contributed by atoms with Gasteiger partial charge in [-0.15, -0.1) is 0 Å². The van der Waals surface area contributed by atoms with Crippen LogP contribution in [0.15, 0.2) is 73.1 Å². The Morgan fingerprint density at radius 2 is 1.71 bits per heavy atom. The van der Waals surface area contributed by atoms with E-state index in [-0.39, 0.29) is 11.9 Å². The van der Waals surface area contributed by atoms with E-state index < -0.39 is 0 Å². The van der Waals surface area contributed by atoms with Gasteiger partial charge in [0.2, 0.25) is 5.91 Å². The summed E-state index contributed by atoms with van der Waals surface area (Å²) in [5, 5.41) is 10.9. The van der Waals surface area contributed by atoms with Crippen molar-refractivity contribution in [2.45, 2.75) is 32.7 Å². The van der Waals surface area contributed by atoms with Crippen LogP contribution in [0.3, 0.4) is 0 Å². The summed E-state index contributed by atoms with van der Waals surface area (Å²) in [6, 6.07) is 20.3. The zero-order valence-corrected chi connectivity index (χ0v) is 16.5. The number of nitrogens with one attached hydrogen (secondary N) is 2. The van der Waals surface area contributed by atoms with E-state index in [1.807, 2.05) is 77.7 Å². The third-order valence-corrected chi connectivity index (χ3v) is 4.75. The molecule has 3 aromatic rings. The Morgan fingerprint density at radius 1 is 1.04 bits per heavy atom. The molecule has 146 valence electrons. The highest BCUT2D eigenvalue weighted by Gasteiger charge is 2.14. The van der Waals surface area contributed by atoms with E-state index in [1.165, 1.54) is 0 Å². The molecular formula is C23H28N4O. The van der Waals surface area contributed by atoms with Crippen molar-refractivity contribution >= 4 is 11.6 Å². The number of amides is 1. The van der Waals surface area contributed by atoms with Crippen molar-refractivity contribution in [3.05, 3.63) is 78.6 Å². The Morgan fingerprint density at radius 3 is 2.39 bits per heavy atom. The second kappa shape index (κ2) is 9.74. The molecule has 2 aromatic carbocycles. The van der Waals surface area contributed by atoms with Gasteiger partial charge in [-0.3, -0.25) is 4.79 Å². The highest BCUT2D eigenvalue weighted by molar-refractivity contribution is 5.76. The van der Waals surface area contributed by atoms with Crippen molar-refractivity contribution < 1.29 is 4.79 Å². The van der Waals surface area contributed by atoms with Gasteiger partial charge < -0.3 is 10.6 Å². The smallest absolute Gasteiger partial charge is 0.220 e. The van der Waals surface area contributed by atoms with E-state index >= 15 is 0 Å². The molecule has 1 unspecified atom stereocenters. The summed E-state index contributed by atoms with van der Waals surface area (Å²) in [5.41, 5.74) is 3.15. The molecule has 1 aromatic heterocycles. The molecule has 1 amide bonds. The van der Waals surface area contributed by atoms with Gasteiger partial charge >= 0.3 is 0 Å². The van der Waals surface area contributed by atoms with E-state index in [0.29, 0.717) is 25.3 Å². The van der Waals surface area contributed by atoms with Crippen LogP contribution < -0.4 is 10.6 Å². The predicted molar refractivity (Wildman–Crippen MR) is 114 cm³/mol. The topological polar surface area (TPSA) is 59.0 Å². The molecule has 0 saturated carbocycles. The minimum atomic E-state index is 0.0629. The van der Waals surface area contributed by atoms with Crippen LogP contribution in [-0.2, 0) is 11.2 Å². The maximum Gasteiger partial charge on any atom is 0.220 e. The van der Waals surface area contributed by atoms with E-state index in [4.69, 9.17) is 0 Å². The van der Waals surface area contributed by atoms with Crippen LogP contribution in [0.2, 0.25) is 0 Å². The molecule has 5 heteroatoms. The quantitative estimate of drug-likeness (QED) is 0.592. The van der Waals surface area contributed by atoms with Crippen LogP contribution in [0.1, 0.15) is 25.8 Å². The van der Waals surface area contributed by atoms with Gasteiger partial charge in [-0.1, -0.05) is 50.2 Å². The van der Waals surface area contributed by atoms with Gasteiger partial charge in [0.05, 0.1) is 11.9 Å². The first-order valence-electron chi connectivity index (χ1n) is 9.79. The van der Waals surface area contributed by atoms with Gasteiger partial charge in [0.15, 0.2) is 0 Å². The lowest BCUT2D eigenvalue weighted by Crippen LogP contribution is -2.39. The monoisotopic (exact) mass is 376 g/mol. The number of hydrogen-bond acceptors (Lipinski definition) is 3. The number of aryl methyl sites for hydroxylation is 1. The molecule has 0 aliphatic rings. The van der Waals surface area contributed by atoms with Crippen LogP contribution in [-0.4, -0.2) is 28.3 Å². The van der Waals surface area contributed by atoms with Crippen molar-refractivity contribution in [3.63, 3.8) is 0 Å². The molecule has 0 bridgehead atoms. The Balaban J connectivity index is 1.46. The summed E-state index contributed by atoms with van der Waals surface area (Å²) < 4.78 is 1.84. The minimum Gasteiger partial charge on any atom is -0.380 e. The Labute approximate surface area is 166 Å².